The standard InChI is InChI=1S/C21H26N4O4/c1-4-13(3)20(28)25-12-21(11-17(25)19(22)27)10-16(24-29-21)14-7-6-8-15(9-14)23-18(26)5-2/h4,6-9,17H,5,10-12H2,1-3H3,(H2,22,27)(H,23,26)/b13-4+/t17-,21?/m0/s1. The van der Waals surface area contributed by atoms with E-state index in [-0.39, 0.29) is 18.4 Å². The van der Waals surface area contributed by atoms with Crippen molar-refractivity contribution >= 4 is 29.1 Å². The minimum atomic E-state index is -0.776. The van der Waals surface area contributed by atoms with E-state index in [1.54, 1.807) is 26.8 Å². The van der Waals surface area contributed by atoms with Crippen molar-refractivity contribution in [3.8, 4) is 0 Å². The molecule has 0 aliphatic carbocycles. The number of nitrogens with one attached hydrogen (secondary N) is 1. The number of carbonyl (C=O) groups excluding carboxylic acids is 3. The van der Waals surface area contributed by atoms with Gasteiger partial charge in [-0.05, 0) is 26.0 Å². The smallest absolute Gasteiger partial charge is 0.249 e. The number of carbonyl (C=O) groups is 3. The summed E-state index contributed by atoms with van der Waals surface area (Å²) in [7, 11) is 0. The number of nitrogens with two attached hydrogens (primary N) is 1. The van der Waals surface area contributed by atoms with Crippen LogP contribution < -0.4 is 11.1 Å². The molecule has 29 heavy (non-hydrogen) atoms. The van der Waals surface area contributed by atoms with Gasteiger partial charge in [-0.3, -0.25) is 14.4 Å². The zero-order valence-electron chi connectivity index (χ0n) is 16.9. The van der Waals surface area contributed by atoms with Gasteiger partial charge in [0.15, 0.2) is 5.60 Å². The molecular formula is C21H26N4O4. The van der Waals surface area contributed by atoms with Gasteiger partial charge in [-0.25, -0.2) is 0 Å². The lowest BCUT2D eigenvalue weighted by Gasteiger charge is -2.23. The molecule has 0 bridgehead atoms. The minimum absolute atomic E-state index is 0.0724. The van der Waals surface area contributed by atoms with Crippen LogP contribution in [0.4, 0.5) is 5.69 Å². The van der Waals surface area contributed by atoms with Crippen LogP contribution in [0, 0.1) is 0 Å². The van der Waals surface area contributed by atoms with E-state index in [9.17, 15) is 14.4 Å². The fourth-order valence-electron chi connectivity index (χ4n) is 3.66. The Hall–Kier alpha value is -3.16. The third-order valence-corrected chi connectivity index (χ3v) is 5.40. The topological polar surface area (TPSA) is 114 Å². The van der Waals surface area contributed by atoms with Gasteiger partial charge < -0.3 is 20.8 Å². The quantitative estimate of drug-likeness (QED) is 0.738. The van der Waals surface area contributed by atoms with Gasteiger partial charge in [-0.15, -0.1) is 0 Å². The Morgan fingerprint density at radius 3 is 2.83 bits per heavy atom. The summed E-state index contributed by atoms with van der Waals surface area (Å²) in [5, 5.41) is 7.06. The number of anilines is 1. The highest BCUT2D eigenvalue weighted by Gasteiger charge is 2.53. The molecule has 0 radical (unpaired) electrons. The van der Waals surface area contributed by atoms with Gasteiger partial charge in [0.2, 0.25) is 17.7 Å². The zero-order valence-corrected chi connectivity index (χ0v) is 16.9. The van der Waals surface area contributed by atoms with Crippen LogP contribution in [0.2, 0.25) is 0 Å². The average Bonchev–Trinajstić information content (AvgIpc) is 3.31. The molecule has 8 nitrogen and oxygen atoms in total. The van der Waals surface area contributed by atoms with Crippen molar-refractivity contribution in [3.05, 3.63) is 41.5 Å². The summed E-state index contributed by atoms with van der Waals surface area (Å²) < 4.78 is 0. The van der Waals surface area contributed by atoms with E-state index in [1.807, 2.05) is 24.3 Å². The first-order valence-corrected chi connectivity index (χ1v) is 9.67. The molecule has 1 spiro atoms. The van der Waals surface area contributed by atoms with Gasteiger partial charge >= 0.3 is 0 Å². The molecule has 8 heteroatoms. The van der Waals surface area contributed by atoms with E-state index in [2.05, 4.69) is 10.5 Å². The number of rotatable bonds is 5. The first kappa shape index (κ1) is 20.6. The normalized spacial score (nSPS) is 23.7. The fraction of sp³-hybridized carbons (Fsp3) is 0.429. The monoisotopic (exact) mass is 398 g/mol. The van der Waals surface area contributed by atoms with E-state index in [1.165, 1.54) is 4.90 Å². The summed E-state index contributed by atoms with van der Waals surface area (Å²) in [5.74, 6) is -0.855. The first-order valence-electron chi connectivity index (χ1n) is 9.67. The number of amides is 3. The Kier molecular flexibility index (Phi) is 5.72. The van der Waals surface area contributed by atoms with Gasteiger partial charge in [0.25, 0.3) is 0 Å². The Morgan fingerprint density at radius 1 is 1.41 bits per heavy atom. The highest BCUT2D eigenvalue weighted by atomic mass is 16.7. The van der Waals surface area contributed by atoms with Crippen molar-refractivity contribution in [1.29, 1.82) is 0 Å². The highest BCUT2D eigenvalue weighted by molar-refractivity contribution is 6.03. The molecule has 154 valence electrons. The summed E-state index contributed by atoms with van der Waals surface area (Å²) in [6.07, 6.45) is 2.84. The molecule has 1 aromatic carbocycles. The van der Waals surface area contributed by atoms with Crippen molar-refractivity contribution in [3.63, 3.8) is 0 Å². The fourth-order valence-corrected chi connectivity index (χ4v) is 3.66. The number of allylic oxidation sites excluding steroid dienone is 1. The SMILES string of the molecule is C/C=C(\C)C(=O)N1CC2(CC(c3cccc(NC(=O)CC)c3)=NO2)C[C@H]1C(N)=O. The molecule has 2 aliphatic rings. The lowest BCUT2D eigenvalue weighted by Crippen LogP contribution is -2.44. The van der Waals surface area contributed by atoms with Crippen LogP contribution in [-0.4, -0.2) is 46.5 Å². The molecular weight excluding hydrogens is 372 g/mol. The predicted molar refractivity (Wildman–Crippen MR) is 109 cm³/mol. The molecule has 2 heterocycles. The minimum Gasteiger partial charge on any atom is -0.387 e. The number of hydrogen-bond donors (Lipinski definition) is 2. The molecule has 1 saturated heterocycles. The van der Waals surface area contributed by atoms with Crippen LogP contribution >= 0.6 is 0 Å². The third kappa shape index (κ3) is 4.16. The average molecular weight is 398 g/mol. The van der Waals surface area contributed by atoms with Crippen molar-refractivity contribution < 1.29 is 19.2 Å². The van der Waals surface area contributed by atoms with Crippen molar-refractivity contribution in [2.24, 2.45) is 10.9 Å². The third-order valence-electron chi connectivity index (χ3n) is 5.40. The van der Waals surface area contributed by atoms with Gasteiger partial charge in [-0.2, -0.15) is 0 Å². The van der Waals surface area contributed by atoms with E-state index >= 15 is 0 Å². The van der Waals surface area contributed by atoms with Gasteiger partial charge in [0, 0.05) is 36.1 Å². The summed E-state index contributed by atoms with van der Waals surface area (Å²) >= 11 is 0. The van der Waals surface area contributed by atoms with Crippen molar-refractivity contribution in [2.75, 3.05) is 11.9 Å². The molecule has 3 amide bonds. The molecule has 0 saturated carbocycles. The van der Waals surface area contributed by atoms with E-state index < -0.39 is 17.6 Å². The Morgan fingerprint density at radius 2 is 2.17 bits per heavy atom. The lowest BCUT2D eigenvalue weighted by molar-refractivity contribution is -0.134. The van der Waals surface area contributed by atoms with E-state index in [4.69, 9.17) is 10.6 Å². The summed E-state index contributed by atoms with van der Waals surface area (Å²) in [5.41, 5.74) is 7.54. The highest BCUT2D eigenvalue weighted by Crippen LogP contribution is 2.39. The molecule has 1 fully saturated rings. The predicted octanol–water partition coefficient (Wildman–Crippen LogP) is 1.95. The molecule has 2 atom stereocenters. The Balaban J connectivity index is 1.78. The molecule has 3 rings (SSSR count). The zero-order chi connectivity index (χ0) is 21.2. The maximum absolute atomic E-state index is 12.7. The molecule has 1 aromatic rings. The summed E-state index contributed by atoms with van der Waals surface area (Å²) in [6.45, 7) is 5.51. The van der Waals surface area contributed by atoms with Crippen molar-refractivity contribution in [1.82, 2.24) is 4.90 Å². The number of oxime groups is 1. The van der Waals surface area contributed by atoms with Crippen LogP contribution in [0.15, 0.2) is 41.1 Å². The van der Waals surface area contributed by atoms with E-state index in [0.717, 1.165) is 5.56 Å². The van der Waals surface area contributed by atoms with Gasteiger partial charge in [-0.1, -0.05) is 30.3 Å². The lowest BCUT2D eigenvalue weighted by atomic mass is 9.91. The van der Waals surface area contributed by atoms with Gasteiger partial charge in [0.05, 0.1) is 12.3 Å². The molecule has 3 N–H and O–H groups in total. The Labute approximate surface area is 169 Å². The van der Waals surface area contributed by atoms with Crippen LogP contribution in [0.5, 0.6) is 0 Å². The summed E-state index contributed by atoms with van der Waals surface area (Å²) in [6, 6.07) is 6.63. The van der Waals surface area contributed by atoms with Crippen LogP contribution in [-0.2, 0) is 19.2 Å². The largest absolute Gasteiger partial charge is 0.387 e. The Bertz CT molecular complexity index is 908. The maximum Gasteiger partial charge on any atom is 0.249 e. The summed E-state index contributed by atoms with van der Waals surface area (Å²) in [4.78, 5) is 43.5. The molecule has 2 aliphatic heterocycles. The number of nitrogens with zero attached hydrogens (tertiary/aromatic N) is 2. The molecule has 1 unspecified atom stereocenters. The van der Waals surface area contributed by atoms with Crippen LogP contribution in [0.25, 0.3) is 0 Å². The second kappa shape index (κ2) is 8.06. The van der Waals surface area contributed by atoms with E-state index in [0.29, 0.717) is 36.2 Å². The van der Waals surface area contributed by atoms with Crippen LogP contribution in [0.3, 0.4) is 0 Å². The second-order valence-corrected chi connectivity index (χ2v) is 7.50. The maximum atomic E-state index is 12.7. The van der Waals surface area contributed by atoms with Gasteiger partial charge in [0.1, 0.15) is 6.04 Å². The van der Waals surface area contributed by atoms with Crippen molar-refractivity contribution in [2.45, 2.75) is 51.7 Å². The van der Waals surface area contributed by atoms with Crippen LogP contribution in [0.1, 0.15) is 45.6 Å². The number of primary amides is 1. The number of benzene rings is 1. The second-order valence-electron chi connectivity index (χ2n) is 7.50. The molecule has 0 aromatic heterocycles. The number of likely N-dealkylation sites (tertiary alicyclic amines) is 1. The number of hydrogen-bond acceptors (Lipinski definition) is 5. The first-order chi connectivity index (χ1) is 13.8.